The number of carbonyl (C=O) groups is 1. The van der Waals surface area contributed by atoms with Crippen molar-refractivity contribution in [2.24, 2.45) is 0 Å². The highest BCUT2D eigenvalue weighted by Crippen LogP contribution is 2.27. The molecule has 0 saturated carbocycles. The molecule has 3 heterocycles. The van der Waals surface area contributed by atoms with Gasteiger partial charge < -0.3 is 20.3 Å². The standard InChI is InChI=1S/C25H33N5O4S/c31-25(28-17-21-6-3-13-34-21)23-15-20(16-27-24(23)30-11-9-26-10-12-30)29-35(32,33)22-8-7-18-4-1-2-5-19(18)14-22/h7-8,14-16,21,26,29H,1-6,9-13,17H2,(H,28,31). The fraction of sp³-hybridized carbons (Fsp3) is 0.520. The summed E-state index contributed by atoms with van der Waals surface area (Å²) in [4.78, 5) is 20.0. The Balaban J connectivity index is 1.39. The van der Waals surface area contributed by atoms with Gasteiger partial charge >= 0.3 is 0 Å². The van der Waals surface area contributed by atoms with Crippen molar-refractivity contribution in [1.82, 2.24) is 15.6 Å². The zero-order chi connectivity index (χ0) is 24.3. The van der Waals surface area contributed by atoms with E-state index in [4.69, 9.17) is 4.74 Å². The molecular weight excluding hydrogens is 466 g/mol. The molecule has 1 aromatic heterocycles. The fourth-order valence-electron chi connectivity index (χ4n) is 5.01. The smallest absolute Gasteiger partial charge is 0.261 e. The third-order valence-electron chi connectivity index (χ3n) is 6.92. The molecule has 1 unspecified atom stereocenters. The number of benzene rings is 1. The van der Waals surface area contributed by atoms with Gasteiger partial charge in [0.05, 0.1) is 28.4 Å². The number of nitrogens with zero attached hydrogens (tertiary/aromatic N) is 2. The molecule has 35 heavy (non-hydrogen) atoms. The summed E-state index contributed by atoms with van der Waals surface area (Å²) in [6.45, 7) is 4.17. The summed E-state index contributed by atoms with van der Waals surface area (Å²) in [6, 6.07) is 6.93. The van der Waals surface area contributed by atoms with E-state index in [-0.39, 0.29) is 22.6 Å². The molecule has 3 aliphatic rings. The highest BCUT2D eigenvalue weighted by molar-refractivity contribution is 7.92. The summed E-state index contributed by atoms with van der Waals surface area (Å²) >= 11 is 0. The second-order valence-electron chi connectivity index (χ2n) is 9.42. The van der Waals surface area contributed by atoms with E-state index in [1.54, 1.807) is 18.2 Å². The van der Waals surface area contributed by atoms with Gasteiger partial charge in [0.25, 0.3) is 15.9 Å². The second-order valence-corrected chi connectivity index (χ2v) is 11.1. The zero-order valence-corrected chi connectivity index (χ0v) is 20.7. The number of hydrogen-bond acceptors (Lipinski definition) is 7. The summed E-state index contributed by atoms with van der Waals surface area (Å²) in [5, 5.41) is 6.25. The lowest BCUT2D eigenvalue weighted by atomic mass is 9.92. The van der Waals surface area contributed by atoms with Crippen LogP contribution in [0.5, 0.6) is 0 Å². The average molecular weight is 500 g/mol. The van der Waals surface area contributed by atoms with E-state index in [0.717, 1.165) is 70.3 Å². The Hall–Kier alpha value is -2.69. The number of aryl methyl sites for hydroxylation is 2. The zero-order valence-electron chi connectivity index (χ0n) is 19.9. The summed E-state index contributed by atoms with van der Waals surface area (Å²) in [7, 11) is -3.82. The molecule has 1 amide bonds. The number of anilines is 2. The molecule has 9 nitrogen and oxygen atoms in total. The van der Waals surface area contributed by atoms with Crippen LogP contribution in [-0.2, 0) is 27.6 Å². The fourth-order valence-corrected chi connectivity index (χ4v) is 6.09. The van der Waals surface area contributed by atoms with E-state index >= 15 is 0 Å². The molecule has 0 bridgehead atoms. The lowest BCUT2D eigenvalue weighted by Gasteiger charge is -2.30. The van der Waals surface area contributed by atoms with Crippen molar-refractivity contribution in [3.05, 3.63) is 47.2 Å². The summed E-state index contributed by atoms with van der Waals surface area (Å²) in [5.74, 6) is 0.282. The van der Waals surface area contributed by atoms with Crippen molar-refractivity contribution < 1.29 is 17.9 Å². The molecule has 1 aromatic carbocycles. The first-order valence-electron chi connectivity index (χ1n) is 12.5. The molecule has 5 rings (SSSR count). The molecular formula is C25H33N5O4S. The first-order valence-corrected chi connectivity index (χ1v) is 14.0. The number of pyridine rings is 1. The minimum absolute atomic E-state index is 0.0141. The molecule has 1 atom stereocenters. The van der Waals surface area contributed by atoms with E-state index in [0.29, 0.717) is 24.5 Å². The van der Waals surface area contributed by atoms with Crippen molar-refractivity contribution >= 4 is 27.4 Å². The number of amides is 1. The van der Waals surface area contributed by atoms with Crippen molar-refractivity contribution in [2.45, 2.75) is 49.5 Å². The van der Waals surface area contributed by atoms with Crippen molar-refractivity contribution in [3.63, 3.8) is 0 Å². The highest BCUT2D eigenvalue weighted by atomic mass is 32.2. The highest BCUT2D eigenvalue weighted by Gasteiger charge is 2.24. The monoisotopic (exact) mass is 499 g/mol. The molecule has 3 N–H and O–H groups in total. The predicted octanol–water partition coefficient (Wildman–Crippen LogP) is 2.08. The molecule has 2 aromatic rings. The van der Waals surface area contributed by atoms with Gasteiger partial charge in [-0.1, -0.05) is 6.07 Å². The summed E-state index contributed by atoms with van der Waals surface area (Å²) < 4.78 is 34.6. The molecule has 1 aliphatic carbocycles. The number of carbonyl (C=O) groups excluding carboxylic acids is 1. The van der Waals surface area contributed by atoms with E-state index in [1.165, 1.54) is 11.8 Å². The van der Waals surface area contributed by atoms with Crippen LogP contribution in [0.15, 0.2) is 35.4 Å². The second kappa shape index (κ2) is 10.5. The molecule has 10 heteroatoms. The predicted molar refractivity (Wildman–Crippen MR) is 135 cm³/mol. The maximum atomic E-state index is 13.2. The number of ether oxygens (including phenoxy) is 1. The Kier molecular flexibility index (Phi) is 7.22. The van der Waals surface area contributed by atoms with Crippen LogP contribution in [-0.4, -0.2) is 64.7 Å². The van der Waals surface area contributed by atoms with Gasteiger partial charge in [0, 0.05) is 39.3 Å². The molecule has 2 saturated heterocycles. The van der Waals surface area contributed by atoms with Crippen LogP contribution in [0.3, 0.4) is 0 Å². The maximum absolute atomic E-state index is 13.2. The van der Waals surface area contributed by atoms with E-state index in [1.807, 2.05) is 6.07 Å². The van der Waals surface area contributed by atoms with E-state index in [2.05, 4.69) is 25.2 Å². The normalized spacial score (nSPS) is 20.3. The molecule has 2 fully saturated rings. The number of aromatic nitrogens is 1. The Morgan fingerprint density at radius 2 is 1.91 bits per heavy atom. The van der Waals surface area contributed by atoms with Gasteiger partial charge in [0.15, 0.2) is 0 Å². The summed E-state index contributed by atoms with van der Waals surface area (Å²) in [6.07, 6.45) is 7.52. The van der Waals surface area contributed by atoms with Crippen molar-refractivity contribution in [3.8, 4) is 0 Å². The Labute approximate surface area is 206 Å². The topological polar surface area (TPSA) is 113 Å². The van der Waals surface area contributed by atoms with Crippen LogP contribution in [0.1, 0.15) is 47.2 Å². The molecule has 0 spiro atoms. The van der Waals surface area contributed by atoms with Gasteiger partial charge in [-0.25, -0.2) is 13.4 Å². The first kappa shape index (κ1) is 24.0. The van der Waals surface area contributed by atoms with Crippen LogP contribution in [0.25, 0.3) is 0 Å². The SMILES string of the molecule is O=C(NCC1CCCO1)c1cc(NS(=O)(=O)c2ccc3c(c2)CCCC3)cnc1N1CCNCC1. The lowest BCUT2D eigenvalue weighted by Crippen LogP contribution is -2.45. The lowest BCUT2D eigenvalue weighted by molar-refractivity contribution is 0.0858. The number of hydrogen-bond donors (Lipinski definition) is 3. The minimum atomic E-state index is -3.82. The Bertz CT molecular complexity index is 1170. The minimum Gasteiger partial charge on any atom is -0.376 e. The van der Waals surface area contributed by atoms with E-state index < -0.39 is 10.0 Å². The number of nitrogens with one attached hydrogen (secondary N) is 3. The first-order chi connectivity index (χ1) is 17.0. The molecule has 188 valence electrons. The Morgan fingerprint density at radius 3 is 2.69 bits per heavy atom. The largest absolute Gasteiger partial charge is 0.376 e. The van der Waals surface area contributed by atoms with Gasteiger partial charge in [0.1, 0.15) is 5.82 Å². The van der Waals surface area contributed by atoms with Gasteiger partial charge in [-0.05, 0) is 67.9 Å². The average Bonchev–Trinajstić information content (AvgIpc) is 3.41. The van der Waals surface area contributed by atoms with Crippen molar-refractivity contribution in [2.75, 3.05) is 49.0 Å². The quantitative estimate of drug-likeness (QED) is 0.535. The van der Waals surface area contributed by atoms with Gasteiger partial charge in [-0.3, -0.25) is 9.52 Å². The van der Waals surface area contributed by atoms with Crippen LogP contribution < -0.4 is 20.3 Å². The van der Waals surface area contributed by atoms with E-state index in [9.17, 15) is 13.2 Å². The third-order valence-corrected chi connectivity index (χ3v) is 8.30. The van der Waals surface area contributed by atoms with Crippen LogP contribution in [0, 0.1) is 0 Å². The number of fused-ring (bicyclic) bond motifs is 1. The van der Waals surface area contributed by atoms with Gasteiger partial charge in [0.2, 0.25) is 0 Å². The van der Waals surface area contributed by atoms with Crippen molar-refractivity contribution in [1.29, 1.82) is 0 Å². The number of piperazine rings is 1. The van der Waals surface area contributed by atoms with Crippen LogP contribution >= 0.6 is 0 Å². The maximum Gasteiger partial charge on any atom is 0.261 e. The number of rotatable bonds is 7. The summed E-state index contributed by atoms with van der Waals surface area (Å²) in [5.41, 5.74) is 2.95. The Morgan fingerprint density at radius 1 is 1.11 bits per heavy atom. The van der Waals surface area contributed by atoms with Crippen LogP contribution in [0.2, 0.25) is 0 Å². The third kappa shape index (κ3) is 5.60. The molecule has 0 radical (unpaired) electrons. The van der Waals surface area contributed by atoms with Gasteiger partial charge in [-0.15, -0.1) is 0 Å². The van der Waals surface area contributed by atoms with Gasteiger partial charge in [-0.2, -0.15) is 0 Å². The van der Waals surface area contributed by atoms with Crippen LogP contribution in [0.4, 0.5) is 11.5 Å². The number of sulfonamides is 1. The molecule has 2 aliphatic heterocycles.